The zero-order valence-corrected chi connectivity index (χ0v) is 14.7. The van der Waals surface area contributed by atoms with Crippen LogP contribution in [-0.4, -0.2) is 17.8 Å². The van der Waals surface area contributed by atoms with Gasteiger partial charge in [-0.1, -0.05) is 48.9 Å². The van der Waals surface area contributed by atoms with Gasteiger partial charge in [-0.15, -0.1) is 12.4 Å². The molecule has 0 radical (unpaired) electrons. The third kappa shape index (κ3) is 6.40. The molecule has 0 aliphatic heterocycles. The van der Waals surface area contributed by atoms with E-state index in [1.807, 2.05) is 48.5 Å². The van der Waals surface area contributed by atoms with Crippen LogP contribution in [0.3, 0.4) is 0 Å². The van der Waals surface area contributed by atoms with Crippen LogP contribution in [0.1, 0.15) is 24.5 Å². The summed E-state index contributed by atoms with van der Waals surface area (Å²) in [4.78, 5) is 0. The van der Waals surface area contributed by atoms with Crippen LogP contribution < -0.4 is 10.1 Å². The second-order valence-corrected chi connectivity index (χ2v) is 5.60. The molecule has 2 N–H and O–H groups in total. The number of rotatable bonds is 8. The van der Waals surface area contributed by atoms with Gasteiger partial charge in [-0.05, 0) is 30.2 Å². The standard InChI is InChI=1S/C18H22ClNO2.ClH/c1-2-16(12-21)20-11-14-6-5-8-17(10-14)22-13-15-7-3-4-9-18(15)19;/h3-10,16,20-21H,2,11-13H2,1H3;1H. The highest BCUT2D eigenvalue weighted by Crippen LogP contribution is 2.19. The largest absolute Gasteiger partial charge is 0.489 e. The number of halogens is 2. The van der Waals surface area contributed by atoms with E-state index >= 15 is 0 Å². The highest BCUT2D eigenvalue weighted by Gasteiger charge is 2.05. The Morgan fingerprint density at radius 2 is 1.96 bits per heavy atom. The van der Waals surface area contributed by atoms with Gasteiger partial charge in [0.2, 0.25) is 0 Å². The lowest BCUT2D eigenvalue weighted by atomic mass is 10.2. The molecular formula is C18H23Cl2NO2. The van der Waals surface area contributed by atoms with E-state index in [1.54, 1.807) is 0 Å². The Labute approximate surface area is 149 Å². The molecule has 0 bridgehead atoms. The molecule has 1 unspecified atom stereocenters. The number of hydrogen-bond acceptors (Lipinski definition) is 3. The molecule has 2 aromatic carbocycles. The van der Waals surface area contributed by atoms with Crippen molar-refractivity contribution >= 4 is 24.0 Å². The zero-order chi connectivity index (χ0) is 15.8. The molecule has 0 amide bonds. The maximum Gasteiger partial charge on any atom is 0.120 e. The van der Waals surface area contributed by atoms with Crippen molar-refractivity contribution in [1.82, 2.24) is 5.32 Å². The minimum Gasteiger partial charge on any atom is -0.489 e. The molecule has 0 aliphatic carbocycles. The van der Waals surface area contributed by atoms with Gasteiger partial charge in [0.25, 0.3) is 0 Å². The summed E-state index contributed by atoms with van der Waals surface area (Å²) in [6.45, 7) is 3.36. The number of ether oxygens (including phenoxy) is 1. The molecule has 0 aromatic heterocycles. The molecule has 0 saturated heterocycles. The predicted molar refractivity (Wildman–Crippen MR) is 97.5 cm³/mol. The fraction of sp³-hybridized carbons (Fsp3) is 0.333. The van der Waals surface area contributed by atoms with Crippen LogP contribution in [0.4, 0.5) is 0 Å². The van der Waals surface area contributed by atoms with Crippen LogP contribution in [0.15, 0.2) is 48.5 Å². The van der Waals surface area contributed by atoms with E-state index in [4.69, 9.17) is 16.3 Å². The predicted octanol–water partition coefficient (Wildman–Crippen LogP) is 4.20. The van der Waals surface area contributed by atoms with Gasteiger partial charge < -0.3 is 15.2 Å². The first kappa shape index (κ1) is 19.8. The number of hydrogen-bond donors (Lipinski definition) is 2. The van der Waals surface area contributed by atoms with Gasteiger partial charge in [-0.3, -0.25) is 0 Å². The molecule has 0 aliphatic rings. The van der Waals surface area contributed by atoms with Crippen LogP contribution in [-0.2, 0) is 13.2 Å². The SMILES string of the molecule is CCC(CO)NCc1cccc(OCc2ccccc2Cl)c1.Cl. The summed E-state index contributed by atoms with van der Waals surface area (Å²) in [7, 11) is 0. The molecule has 2 aromatic rings. The molecule has 126 valence electrons. The van der Waals surface area contributed by atoms with E-state index in [0.29, 0.717) is 18.2 Å². The molecule has 23 heavy (non-hydrogen) atoms. The second kappa shape index (κ2) is 10.5. The minimum atomic E-state index is 0. The summed E-state index contributed by atoms with van der Waals surface area (Å²) in [6, 6.07) is 15.8. The van der Waals surface area contributed by atoms with Crippen molar-refractivity contribution in [3.05, 3.63) is 64.7 Å². The molecule has 0 heterocycles. The summed E-state index contributed by atoms with van der Waals surface area (Å²) in [6.07, 6.45) is 0.902. The Bertz CT molecular complexity index is 589. The normalized spacial score (nSPS) is 11.6. The Balaban J connectivity index is 0.00000264. The second-order valence-electron chi connectivity index (χ2n) is 5.20. The maximum absolute atomic E-state index is 9.20. The van der Waals surface area contributed by atoms with E-state index in [1.165, 1.54) is 0 Å². The lowest BCUT2D eigenvalue weighted by Crippen LogP contribution is -2.31. The highest BCUT2D eigenvalue weighted by molar-refractivity contribution is 6.31. The van der Waals surface area contributed by atoms with Gasteiger partial charge in [0, 0.05) is 23.2 Å². The first-order valence-corrected chi connectivity index (χ1v) is 7.90. The number of aliphatic hydroxyl groups excluding tert-OH is 1. The topological polar surface area (TPSA) is 41.5 Å². The van der Waals surface area contributed by atoms with Gasteiger partial charge in [0.15, 0.2) is 0 Å². The summed E-state index contributed by atoms with van der Waals surface area (Å²) >= 11 is 6.12. The Hall–Kier alpha value is -1.26. The van der Waals surface area contributed by atoms with Crippen molar-refractivity contribution in [2.75, 3.05) is 6.61 Å². The van der Waals surface area contributed by atoms with E-state index in [0.717, 1.165) is 23.3 Å². The molecule has 0 fully saturated rings. The quantitative estimate of drug-likeness (QED) is 0.745. The van der Waals surface area contributed by atoms with Crippen molar-refractivity contribution in [2.45, 2.75) is 32.5 Å². The van der Waals surface area contributed by atoms with E-state index < -0.39 is 0 Å². The third-order valence-electron chi connectivity index (χ3n) is 3.56. The van der Waals surface area contributed by atoms with E-state index in [2.05, 4.69) is 12.2 Å². The Kier molecular flexibility index (Phi) is 9.03. The lowest BCUT2D eigenvalue weighted by Gasteiger charge is -2.14. The molecule has 0 saturated carbocycles. The van der Waals surface area contributed by atoms with Crippen LogP contribution in [0.25, 0.3) is 0 Å². The van der Waals surface area contributed by atoms with Crippen LogP contribution in [0.2, 0.25) is 5.02 Å². The van der Waals surface area contributed by atoms with Gasteiger partial charge in [0.1, 0.15) is 12.4 Å². The fourth-order valence-corrected chi connectivity index (χ4v) is 2.31. The van der Waals surface area contributed by atoms with Crippen LogP contribution in [0, 0.1) is 0 Å². The Morgan fingerprint density at radius 3 is 2.65 bits per heavy atom. The summed E-state index contributed by atoms with van der Waals surface area (Å²) in [5, 5.41) is 13.2. The van der Waals surface area contributed by atoms with Crippen molar-refractivity contribution in [3.8, 4) is 5.75 Å². The van der Waals surface area contributed by atoms with Crippen LogP contribution >= 0.6 is 24.0 Å². The third-order valence-corrected chi connectivity index (χ3v) is 3.93. The fourth-order valence-electron chi connectivity index (χ4n) is 2.12. The number of aliphatic hydroxyl groups is 1. The smallest absolute Gasteiger partial charge is 0.120 e. The summed E-state index contributed by atoms with van der Waals surface area (Å²) in [5.74, 6) is 0.816. The zero-order valence-electron chi connectivity index (χ0n) is 13.2. The minimum absolute atomic E-state index is 0. The lowest BCUT2D eigenvalue weighted by molar-refractivity contribution is 0.238. The average Bonchev–Trinajstić information content (AvgIpc) is 2.55. The highest BCUT2D eigenvalue weighted by atomic mass is 35.5. The summed E-state index contributed by atoms with van der Waals surface area (Å²) < 4.78 is 5.81. The average molecular weight is 356 g/mol. The first-order valence-electron chi connectivity index (χ1n) is 7.52. The van der Waals surface area contributed by atoms with E-state index in [9.17, 15) is 5.11 Å². The molecule has 0 spiro atoms. The van der Waals surface area contributed by atoms with Gasteiger partial charge >= 0.3 is 0 Å². The van der Waals surface area contributed by atoms with Crippen molar-refractivity contribution in [3.63, 3.8) is 0 Å². The molecule has 5 heteroatoms. The van der Waals surface area contributed by atoms with Crippen molar-refractivity contribution in [2.24, 2.45) is 0 Å². The van der Waals surface area contributed by atoms with E-state index in [-0.39, 0.29) is 25.1 Å². The maximum atomic E-state index is 9.20. The Morgan fingerprint density at radius 1 is 1.17 bits per heavy atom. The number of benzene rings is 2. The van der Waals surface area contributed by atoms with Crippen molar-refractivity contribution in [1.29, 1.82) is 0 Å². The summed E-state index contributed by atoms with van der Waals surface area (Å²) in [5.41, 5.74) is 2.10. The van der Waals surface area contributed by atoms with Crippen LogP contribution in [0.5, 0.6) is 5.75 Å². The number of nitrogens with one attached hydrogen (secondary N) is 1. The van der Waals surface area contributed by atoms with Gasteiger partial charge in [-0.2, -0.15) is 0 Å². The molecule has 2 rings (SSSR count). The molecular weight excluding hydrogens is 333 g/mol. The molecule has 1 atom stereocenters. The van der Waals surface area contributed by atoms with Crippen molar-refractivity contribution < 1.29 is 9.84 Å². The van der Waals surface area contributed by atoms with Gasteiger partial charge in [0.05, 0.1) is 6.61 Å². The molecule has 3 nitrogen and oxygen atoms in total. The first-order chi connectivity index (χ1) is 10.7. The van der Waals surface area contributed by atoms with Gasteiger partial charge in [-0.25, -0.2) is 0 Å². The monoisotopic (exact) mass is 355 g/mol.